The van der Waals surface area contributed by atoms with Crippen molar-refractivity contribution in [3.8, 4) is 0 Å². The van der Waals surface area contributed by atoms with E-state index in [9.17, 15) is 14.4 Å². The molecular weight excluding hydrogens is 328 g/mol. The van der Waals surface area contributed by atoms with E-state index in [1.807, 2.05) is 16.7 Å². The summed E-state index contributed by atoms with van der Waals surface area (Å²) in [6.45, 7) is 2.97. The number of likely N-dealkylation sites (tertiary alicyclic amines) is 1. The van der Waals surface area contributed by atoms with Gasteiger partial charge in [0.15, 0.2) is 5.69 Å². The van der Waals surface area contributed by atoms with Crippen molar-refractivity contribution < 1.29 is 9.59 Å². The van der Waals surface area contributed by atoms with Crippen molar-refractivity contribution in [2.75, 3.05) is 24.6 Å². The Labute approximate surface area is 144 Å². The minimum Gasteiger partial charge on any atom is -0.346 e. The second kappa shape index (κ2) is 7.38. The zero-order valence-electron chi connectivity index (χ0n) is 13.7. The van der Waals surface area contributed by atoms with Crippen LogP contribution in [-0.4, -0.2) is 57.5 Å². The minimum atomic E-state index is -0.480. The third-order valence-corrected chi connectivity index (χ3v) is 5.65. The molecule has 0 aromatic carbocycles. The molecule has 2 aliphatic heterocycles. The summed E-state index contributed by atoms with van der Waals surface area (Å²) in [6.07, 6.45) is 2.60. The highest BCUT2D eigenvalue weighted by atomic mass is 32.2. The topological polar surface area (TPSA) is 95.2 Å². The van der Waals surface area contributed by atoms with Crippen molar-refractivity contribution in [1.82, 2.24) is 20.4 Å². The first-order chi connectivity index (χ1) is 11.5. The maximum atomic E-state index is 12.5. The van der Waals surface area contributed by atoms with Crippen LogP contribution in [0.4, 0.5) is 0 Å². The molecule has 0 spiro atoms. The average Bonchev–Trinajstić information content (AvgIpc) is 3.08. The summed E-state index contributed by atoms with van der Waals surface area (Å²) < 4.78 is 0. The number of piperidine rings is 1. The molecule has 0 aliphatic carbocycles. The monoisotopic (exact) mass is 350 g/mol. The fourth-order valence-corrected chi connectivity index (χ4v) is 4.41. The number of thioether (sulfide) groups is 1. The Balaban J connectivity index is 1.61. The van der Waals surface area contributed by atoms with Crippen LogP contribution in [0.5, 0.6) is 0 Å². The van der Waals surface area contributed by atoms with Crippen LogP contribution in [0, 0.1) is 12.8 Å². The van der Waals surface area contributed by atoms with Crippen LogP contribution in [0.3, 0.4) is 0 Å². The molecule has 0 radical (unpaired) electrons. The van der Waals surface area contributed by atoms with Crippen LogP contribution in [0.15, 0.2) is 10.9 Å². The number of H-pyrrole nitrogens is 1. The Hall–Kier alpha value is -1.83. The van der Waals surface area contributed by atoms with Gasteiger partial charge in [0.05, 0.1) is 0 Å². The van der Waals surface area contributed by atoms with E-state index >= 15 is 0 Å². The van der Waals surface area contributed by atoms with Crippen molar-refractivity contribution in [2.45, 2.75) is 32.2 Å². The molecule has 2 amide bonds. The molecule has 7 nitrogen and oxygen atoms in total. The summed E-state index contributed by atoms with van der Waals surface area (Å²) in [5, 5.41) is 9.32. The molecule has 2 N–H and O–H groups in total. The molecule has 2 fully saturated rings. The van der Waals surface area contributed by atoms with E-state index < -0.39 is 11.3 Å². The first-order valence-corrected chi connectivity index (χ1v) is 9.44. The fraction of sp³-hybridized carbons (Fsp3) is 0.625. The van der Waals surface area contributed by atoms with Crippen LogP contribution in [-0.2, 0) is 4.79 Å². The molecule has 8 heteroatoms. The number of nitrogens with one attached hydrogen (secondary N) is 2. The zero-order valence-corrected chi connectivity index (χ0v) is 14.5. The lowest BCUT2D eigenvalue weighted by Gasteiger charge is -2.34. The number of rotatable bonds is 3. The van der Waals surface area contributed by atoms with Crippen molar-refractivity contribution in [3.63, 3.8) is 0 Å². The van der Waals surface area contributed by atoms with E-state index in [4.69, 9.17) is 0 Å². The van der Waals surface area contributed by atoms with Gasteiger partial charge in [0, 0.05) is 42.6 Å². The summed E-state index contributed by atoms with van der Waals surface area (Å²) in [6, 6.07) is 1.22. The number of aromatic nitrogens is 2. The Bertz CT molecular complexity index is 684. The smallest absolute Gasteiger partial charge is 0.276 e. The molecule has 1 aromatic heterocycles. The predicted octanol–water partition coefficient (Wildman–Crippen LogP) is 0.552. The highest BCUT2D eigenvalue weighted by Gasteiger charge is 2.31. The van der Waals surface area contributed by atoms with Crippen LogP contribution >= 0.6 is 11.8 Å². The van der Waals surface area contributed by atoms with Crippen molar-refractivity contribution in [3.05, 3.63) is 27.7 Å². The van der Waals surface area contributed by atoms with Gasteiger partial charge in [-0.1, -0.05) is 0 Å². The maximum absolute atomic E-state index is 12.5. The third-order valence-electron chi connectivity index (χ3n) is 4.49. The summed E-state index contributed by atoms with van der Waals surface area (Å²) in [7, 11) is 0. The largest absolute Gasteiger partial charge is 0.346 e. The van der Waals surface area contributed by atoms with E-state index in [2.05, 4.69) is 15.5 Å². The molecule has 130 valence electrons. The molecule has 0 bridgehead atoms. The first-order valence-electron chi connectivity index (χ1n) is 8.28. The van der Waals surface area contributed by atoms with Crippen molar-refractivity contribution in [2.24, 2.45) is 5.92 Å². The lowest BCUT2D eigenvalue weighted by molar-refractivity contribution is -0.136. The summed E-state index contributed by atoms with van der Waals surface area (Å²) >= 11 is 1.82. The van der Waals surface area contributed by atoms with E-state index in [0.29, 0.717) is 12.2 Å². The molecule has 2 atom stereocenters. The molecule has 3 rings (SSSR count). The summed E-state index contributed by atoms with van der Waals surface area (Å²) in [5.41, 5.74) is 0.0899. The second-order valence-electron chi connectivity index (χ2n) is 6.42. The molecule has 1 aromatic rings. The molecule has 3 heterocycles. The van der Waals surface area contributed by atoms with Crippen LogP contribution < -0.4 is 10.7 Å². The predicted molar refractivity (Wildman–Crippen MR) is 92.1 cm³/mol. The van der Waals surface area contributed by atoms with Gasteiger partial charge in [-0.2, -0.15) is 16.9 Å². The number of aromatic amines is 1. The highest BCUT2D eigenvalue weighted by Crippen LogP contribution is 2.26. The van der Waals surface area contributed by atoms with Gasteiger partial charge >= 0.3 is 0 Å². The lowest BCUT2D eigenvalue weighted by Crippen LogP contribution is -2.51. The van der Waals surface area contributed by atoms with Gasteiger partial charge in [0.2, 0.25) is 11.3 Å². The Morgan fingerprint density at radius 2 is 2.25 bits per heavy atom. The molecule has 2 saturated heterocycles. The number of hydrogen-bond donors (Lipinski definition) is 2. The zero-order chi connectivity index (χ0) is 17.1. The van der Waals surface area contributed by atoms with Gasteiger partial charge in [-0.15, -0.1) is 0 Å². The van der Waals surface area contributed by atoms with Gasteiger partial charge in [-0.05, 0) is 31.9 Å². The molecule has 0 saturated carbocycles. The van der Waals surface area contributed by atoms with E-state index in [-0.39, 0.29) is 23.6 Å². The van der Waals surface area contributed by atoms with Gasteiger partial charge < -0.3 is 10.2 Å². The second-order valence-corrected chi connectivity index (χ2v) is 7.57. The number of nitrogens with zero attached hydrogens (tertiary/aromatic N) is 2. The van der Waals surface area contributed by atoms with Crippen molar-refractivity contribution >= 4 is 23.6 Å². The summed E-state index contributed by atoms with van der Waals surface area (Å²) in [5.74, 6) is 1.78. The van der Waals surface area contributed by atoms with E-state index in [1.165, 1.54) is 6.07 Å². The molecule has 2 unspecified atom stereocenters. The number of aryl methyl sites for hydroxylation is 1. The number of carbonyl (C=O) groups excluding carboxylic acids is 2. The van der Waals surface area contributed by atoms with Crippen molar-refractivity contribution in [1.29, 1.82) is 0 Å². The Morgan fingerprint density at radius 1 is 1.42 bits per heavy atom. The number of amides is 2. The first kappa shape index (κ1) is 17.0. The lowest BCUT2D eigenvalue weighted by atomic mass is 10.0. The number of hydrogen-bond acceptors (Lipinski definition) is 5. The normalized spacial score (nSPS) is 24.0. The molecule has 24 heavy (non-hydrogen) atoms. The van der Waals surface area contributed by atoms with Gasteiger partial charge in [-0.3, -0.25) is 19.5 Å². The average molecular weight is 350 g/mol. The molecule has 2 aliphatic rings. The van der Waals surface area contributed by atoms with Gasteiger partial charge in [0.25, 0.3) is 5.91 Å². The third kappa shape index (κ3) is 3.80. The van der Waals surface area contributed by atoms with Crippen LogP contribution in [0.25, 0.3) is 0 Å². The minimum absolute atomic E-state index is 0.117. The standard InChI is InChI=1S/C16H22N4O3S/c1-10-7-13(21)14(19-18-10)15(22)17-12-3-2-5-20(8-12)16(23)11-4-6-24-9-11/h7,11-12H,2-6,8-9H2,1H3,(H,17,22)(H,18,21). The Morgan fingerprint density at radius 3 is 2.96 bits per heavy atom. The van der Waals surface area contributed by atoms with Gasteiger partial charge in [-0.25, -0.2) is 0 Å². The maximum Gasteiger partial charge on any atom is 0.276 e. The van der Waals surface area contributed by atoms with Gasteiger partial charge in [0.1, 0.15) is 0 Å². The van der Waals surface area contributed by atoms with Crippen LogP contribution in [0.1, 0.15) is 35.4 Å². The molecular formula is C16H22N4O3S. The van der Waals surface area contributed by atoms with E-state index in [1.54, 1.807) is 6.92 Å². The Kier molecular flexibility index (Phi) is 5.23. The highest BCUT2D eigenvalue weighted by molar-refractivity contribution is 7.99. The van der Waals surface area contributed by atoms with E-state index in [0.717, 1.165) is 37.3 Å². The summed E-state index contributed by atoms with van der Waals surface area (Å²) in [4.78, 5) is 38.5. The number of carbonyl (C=O) groups is 2. The quantitative estimate of drug-likeness (QED) is 0.830. The fourth-order valence-electron chi connectivity index (χ4n) is 3.20. The van der Waals surface area contributed by atoms with Crippen LogP contribution in [0.2, 0.25) is 0 Å². The SMILES string of the molecule is Cc1cc(=O)c(C(=O)NC2CCCN(C(=O)C3CCSC3)C2)n[nH]1.